The van der Waals surface area contributed by atoms with Crippen LogP contribution in [0.4, 0.5) is 43.7 Å². The molecule has 1 aliphatic rings. The van der Waals surface area contributed by atoms with Crippen LogP contribution in [0.5, 0.6) is 0 Å². The summed E-state index contributed by atoms with van der Waals surface area (Å²) in [7, 11) is 0. The lowest BCUT2D eigenvalue weighted by Gasteiger charge is -2.23. The highest BCUT2D eigenvalue weighted by molar-refractivity contribution is 8.00. The minimum absolute atomic E-state index is 0.0302. The van der Waals surface area contributed by atoms with Crippen LogP contribution in [0.25, 0.3) is 0 Å². The number of hydrogen-bond acceptors (Lipinski definition) is 9. The molecule has 5 rings (SSSR count). The molecule has 1 atom stereocenters. The van der Waals surface area contributed by atoms with Gasteiger partial charge >= 0.3 is 0 Å². The van der Waals surface area contributed by atoms with Crippen molar-refractivity contribution in [3.8, 4) is 0 Å². The van der Waals surface area contributed by atoms with Crippen molar-refractivity contribution in [2.75, 3.05) is 21.3 Å². The highest BCUT2D eigenvalue weighted by atomic mass is 32.2. The van der Waals surface area contributed by atoms with Gasteiger partial charge in [-0.15, -0.1) is 11.8 Å². The number of nitrogens with zero attached hydrogens (tertiary/aromatic N) is 5. The largest absolute Gasteiger partial charge is 0.324 e. The average Bonchev–Trinajstić information content (AvgIpc) is 3.28. The second-order valence-electron chi connectivity index (χ2n) is 7.82. The summed E-state index contributed by atoms with van der Waals surface area (Å²) in [6.45, 7) is 0. The number of carbonyl (C=O) groups is 1. The summed E-state index contributed by atoms with van der Waals surface area (Å²) in [5, 5.41) is 16.4. The van der Waals surface area contributed by atoms with Gasteiger partial charge in [0.05, 0.1) is 10.7 Å². The highest BCUT2D eigenvalue weighted by Crippen LogP contribution is 2.41. The molecule has 0 aliphatic carbocycles. The minimum Gasteiger partial charge on any atom is -0.324 e. The molecule has 186 valence electrons. The van der Waals surface area contributed by atoms with E-state index < -0.39 is 21.9 Å². The smallest absolute Gasteiger partial charge is 0.269 e. The molecule has 1 amide bonds. The van der Waals surface area contributed by atoms with Gasteiger partial charge in [0, 0.05) is 23.5 Å². The Kier molecular flexibility index (Phi) is 6.60. The van der Waals surface area contributed by atoms with E-state index in [1.165, 1.54) is 77.3 Å². The van der Waals surface area contributed by atoms with Gasteiger partial charge in [0.15, 0.2) is 0 Å². The SMILES string of the molecule is O=C1CSC(c2ccc([N+](=O)[O-])cc2)N1c1nc(Nc2ccc(F)cc2)nc(Nc2ccc(F)cc2)n1. The molecule has 0 bridgehead atoms. The van der Waals surface area contributed by atoms with Crippen LogP contribution in [-0.4, -0.2) is 31.5 Å². The maximum atomic E-state index is 13.4. The number of rotatable bonds is 7. The molecule has 1 unspecified atom stereocenters. The molecule has 0 spiro atoms. The Morgan fingerprint density at radius 3 is 1.84 bits per heavy atom. The van der Waals surface area contributed by atoms with E-state index in [1.54, 1.807) is 12.1 Å². The van der Waals surface area contributed by atoms with Gasteiger partial charge in [0.2, 0.25) is 23.8 Å². The molecular weight excluding hydrogens is 504 g/mol. The van der Waals surface area contributed by atoms with Crippen LogP contribution in [-0.2, 0) is 4.79 Å². The Hall–Kier alpha value is -4.65. The number of benzene rings is 3. The molecule has 10 nitrogen and oxygen atoms in total. The third-order valence-corrected chi connectivity index (χ3v) is 6.51. The van der Waals surface area contributed by atoms with Gasteiger partial charge in [-0.2, -0.15) is 15.0 Å². The van der Waals surface area contributed by atoms with Crippen LogP contribution in [0.3, 0.4) is 0 Å². The third-order valence-electron chi connectivity index (χ3n) is 5.30. The lowest BCUT2D eigenvalue weighted by molar-refractivity contribution is -0.384. The predicted octanol–water partition coefficient (Wildman–Crippen LogP) is 5.32. The van der Waals surface area contributed by atoms with Crippen molar-refractivity contribution >= 4 is 52.6 Å². The number of halogens is 2. The molecule has 1 fully saturated rings. The maximum Gasteiger partial charge on any atom is 0.269 e. The molecule has 2 N–H and O–H groups in total. The second kappa shape index (κ2) is 10.1. The summed E-state index contributed by atoms with van der Waals surface area (Å²) in [6, 6.07) is 17.0. The zero-order chi connectivity index (χ0) is 25.9. The predicted molar refractivity (Wildman–Crippen MR) is 135 cm³/mol. The Morgan fingerprint density at radius 1 is 0.838 bits per heavy atom. The molecule has 4 aromatic rings. The molecular formula is C24H17F2N7O3S. The van der Waals surface area contributed by atoms with Crippen molar-refractivity contribution in [1.82, 2.24) is 15.0 Å². The van der Waals surface area contributed by atoms with E-state index in [0.29, 0.717) is 16.9 Å². The van der Waals surface area contributed by atoms with E-state index in [4.69, 9.17) is 0 Å². The fourth-order valence-electron chi connectivity index (χ4n) is 3.56. The number of non-ortho nitro benzene ring substituents is 1. The molecule has 3 aromatic carbocycles. The third kappa shape index (κ3) is 5.46. The van der Waals surface area contributed by atoms with Crippen molar-refractivity contribution < 1.29 is 18.5 Å². The minimum atomic E-state index is -0.534. The first-order chi connectivity index (χ1) is 17.9. The first kappa shape index (κ1) is 24.1. The normalized spacial score (nSPS) is 15.0. The number of nitrogens with one attached hydrogen (secondary N) is 2. The van der Waals surface area contributed by atoms with Gasteiger partial charge in [-0.3, -0.25) is 19.8 Å². The molecule has 1 saturated heterocycles. The number of carbonyl (C=O) groups excluding carboxylic acids is 1. The van der Waals surface area contributed by atoms with Gasteiger partial charge in [0.25, 0.3) is 5.69 Å². The monoisotopic (exact) mass is 521 g/mol. The van der Waals surface area contributed by atoms with E-state index >= 15 is 0 Å². The first-order valence-electron chi connectivity index (χ1n) is 10.8. The van der Waals surface area contributed by atoms with Gasteiger partial charge in [0.1, 0.15) is 17.0 Å². The average molecular weight is 522 g/mol. The maximum absolute atomic E-state index is 13.4. The van der Waals surface area contributed by atoms with E-state index in [-0.39, 0.29) is 35.2 Å². The summed E-state index contributed by atoms with van der Waals surface area (Å²) >= 11 is 1.33. The fourth-order valence-corrected chi connectivity index (χ4v) is 4.71. The summed E-state index contributed by atoms with van der Waals surface area (Å²) in [5.74, 6) is -0.754. The van der Waals surface area contributed by atoms with Crippen molar-refractivity contribution in [2.24, 2.45) is 0 Å². The van der Waals surface area contributed by atoms with Crippen LogP contribution < -0.4 is 15.5 Å². The van der Waals surface area contributed by atoms with Crippen molar-refractivity contribution in [1.29, 1.82) is 0 Å². The first-order valence-corrected chi connectivity index (χ1v) is 11.9. The fraction of sp³-hybridized carbons (Fsp3) is 0.0833. The molecule has 0 saturated carbocycles. The van der Waals surface area contributed by atoms with Gasteiger partial charge < -0.3 is 10.6 Å². The van der Waals surface area contributed by atoms with Crippen LogP contribution in [0, 0.1) is 21.7 Å². The summed E-state index contributed by atoms with van der Waals surface area (Å²) in [6.07, 6.45) is 0. The number of anilines is 5. The Morgan fingerprint density at radius 2 is 1.35 bits per heavy atom. The van der Waals surface area contributed by atoms with Crippen LogP contribution in [0.1, 0.15) is 10.9 Å². The van der Waals surface area contributed by atoms with E-state index in [9.17, 15) is 23.7 Å². The van der Waals surface area contributed by atoms with E-state index in [0.717, 1.165) is 0 Å². The number of aromatic nitrogens is 3. The molecule has 0 radical (unpaired) electrons. The lowest BCUT2D eigenvalue weighted by Crippen LogP contribution is -2.30. The molecule has 1 aliphatic heterocycles. The summed E-state index contributed by atoms with van der Waals surface area (Å²) in [5.41, 5.74) is 1.59. The van der Waals surface area contributed by atoms with Crippen LogP contribution >= 0.6 is 11.8 Å². The van der Waals surface area contributed by atoms with Crippen LogP contribution in [0.2, 0.25) is 0 Å². The van der Waals surface area contributed by atoms with Gasteiger partial charge in [-0.1, -0.05) is 0 Å². The summed E-state index contributed by atoms with van der Waals surface area (Å²) in [4.78, 5) is 38.0. The van der Waals surface area contributed by atoms with E-state index in [1.807, 2.05) is 0 Å². The molecule has 13 heteroatoms. The zero-order valence-electron chi connectivity index (χ0n) is 18.8. The zero-order valence-corrected chi connectivity index (χ0v) is 19.7. The standard InChI is InChI=1S/C24H17F2N7O3S/c25-15-3-7-17(8-4-15)27-22-29-23(28-18-9-5-16(26)6-10-18)31-24(30-22)32-20(34)13-37-21(32)14-1-11-19(12-2-14)33(35)36/h1-12,21H,13H2,(H2,27,28,29,30,31). The van der Waals surface area contributed by atoms with Crippen molar-refractivity contribution in [2.45, 2.75) is 5.37 Å². The highest BCUT2D eigenvalue weighted by Gasteiger charge is 2.36. The van der Waals surface area contributed by atoms with Crippen LogP contribution in [0.15, 0.2) is 72.8 Å². The number of nitro groups is 1. The number of hydrogen-bond donors (Lipinski definition) is 2. The second-order valence-corrected chi connectivity index (χ2v) is 8.89. The number of nitro benzene ring substituents is 1. The lowest BCUT2D eigenvalue weighted by atomic mass is 10.2. The van der Waals surface area contributed by atoms with Crippen molar-refractivity contribution in [3.05, 3.63) is 100 Å². The molecule has 2 heterocycles. The Bertz CT molecular complexity index is 1390. The number of amides is 1. The van der Waals surface area contributed by atoms with Crippen molar-refractivity contribution in [3.63, 3.8) is 0 Å². The summed E-state index contributed by atoms with van der Waals surface area (Å²) < 4.78 is 26.7. The molecule has 1 aromatic heterocycles. The van der Waals surface area contributed by atoms with Gasteiger partial charge in [-0.05, 0) is 66.2 Å². The number of thioether (sulfide) groups is 1. The molecule has 37 heavy (non-hydrogen) atoms. The quantitative estimate of drug-likeness (QED) is 0.245. The van der Waals surface area contributed by atoms with E-state index in [2.05, 4.69) is 25.6 Å². The Labute approximate surface area is 212 Å². The Balaban J connectivity index is 1.52. The van der Waals surface area contributed by atoms with Gasteiger partial charge in [-0.25, -0.2) is 8.78 Å². The topological polar surface area (TPSA) is 126 Å².